The van der Waals surface area contributed by atoms with Crippen LogP contribution in [0, 0.1) is 5.92 Å². The molecule has 0 saturated carbocycles. The summed E-state index contributed by atoms with van der Waals surface area (Å²) in [6.07, 6.45) is 1.86. The van der Waals surface area contributed by atoms with Crippen LogP contribution in [0.3, 0.4) is 0 Å². The second-order valence-corrected chi connectivity index (χ2v) is 8.73. The lowest BCUT2D eigenvalue weighted by molar-refractivity contribution is -0.148. The van der Waals surface area contributed by atoms with Crippen molar-refractivity contribution in [2.24, 2.45) is 5.92 Å². The summed E-state index contributed by atoms with van der Waals surface area (Å²) in [5, 5.41) is 11.7. The van der Waals surface area contributed by atoms with Crippen LogP contribution in [0.1, 0.15) is 39.4 Å². The van der Waals surface area contributed by atoms with E-state index in [9.17, 15) is 13.2 Å². The van der Waals surface area contributed by atoms with E-state index in [4.69, 9.17) is 16.3 Å². The van der Waals surface area contributed by atoms with Crippen molar-refractivity contribution in [1.29, 1.82) is 0 Å². The van der Waals surface area contributed by atoms with E-state index in [1.54, 1.807) is 18.5 Å². The molecule has 0 spiro atoms. The summed E-state index contributed by atoms with van der Waals surface area (Å²) < 4.78 is 34.4. The third kappa shape index (κ3) is 5.98. The Morgan fingerprint density at radius 2 is 1.96 bits per heavy atom. The average Bonchev–Trinajstić information content (AvgIpc) is 3.10. The molecule has 9 nitrogen and oxygen atoms in total. The van der Waals surface area contributed by atoms with Crippen molar-refractivity contribution in [2.75, 3.05) is 0 Å². The Balaban J connectivity index is 2.06. The lowest BCUT2D eigenvalue weighted by atomic mass is 10.1. The molecule has 0 saturated heterocycles. The molecular weight excluding hydrogens is 406 g/mol. The molecule has 11 heteroatoms. The van der Waals surface area contributed by atoms with Gasteiger partial charge in [-0.25, -0.2) is 13.1 Å². The van der Waals surface area contributed by atoms with Gasteiger partial charge in [-0.3, -0.25) is 4.79 Å². The second kappa shape index (κ2) is 9.94. The molecule has 1 heterocycles. The first kappa shape index (κ1) is 22.3. The Bertz CT molecular complexity index is 883. The maximum atomic E-state index is 12.6. The Kier molecular flexibility index (Phi) is 7.90. The molecule has 0 bridgehead atoms. The van der Waals surface area contributed by atoms with Gasteiger partial charge in [-0.15, -0.1) is 5.10 Å². The zero-order valence-corrected chi connectivity index (χ0v) is 17.6. The molecular formula is C17H24ClN5O4S. The van der Waals surface area contributed by atoms with E-state index in [0.29, 0.717) is 17.4 Å². The number of halogens is 1. The number of benzene rings is 1. The number of unbranched alkanes of at least 4 members (excludes halogenated alkanes) is 1. The predicted molar refractivity (Wildman–Crippen MR) is 103 cm³/mol. The number of hydrogen-bond donors (Lipinski definition) is 1. The van der Waals surface area contributed by atoms with Gasteiger partial charge in [-0.2, -0.15) is 4.72 Å². The number of carbonyl (C=O) groups excluding carboxylic acids is 1. The fraction of sp³-hybridized carbons (Fsp3) is 0.529. The molecule has 0 aliphatic carbocycles. The molecule has 0 radical (unpaired) electrons. The first-order chi connectivity index (χ1) is 13.2. The Labute approximate surface area is 169 Å². The van der Waals surface area contributed by atoms with Crippen LogP contribution in [0.15, 0.2) is 29.2 Å². The van der Waals surface area contributed by atoms with Crippen LogP contribution >= 0.6 is 11.6 Å². The minimum Gasteiger partial charge on any atom is -0.456 e. The van der Waals surface area contributed by atoms with Crippen LogP contribution in [0.4, 0.5) is 0 Å². The summed E-state index contributed by atoms with van der Waals surface area (Å²) in [5.41, 5.74) is 0. The average molecular weight is 430 g/mol. The van der Waals surface area contributed by atoms with Crippen LogP contribution in [0.2, 0.25) is 5.02 Å². The van der Waals surface area contributed by atoms with Crippen molar-refractivity contribution in [3.63, 3.8) is 0 Å². The van der Waals surface area contributed by atoms with Crippen molar-refractivity contribution < 1.29 is 17.9 Å². The second-order valence-electron chi connectivity index (χ2n) is 6.58. The Hall–Kier alpha value is -2.04. The van der Waals surface area contributed by atoms with Crippen molar-refractivity contribution in [2.45, 2.75) is 57.7 Å². The van der Waals surface area contributed by atoms with E-state index < -0.39 is 22.0 Å². The van der Waals surface area contributed by atoms with Crippen molar-refractivity contribution in [1.82, 2.24) is 24.9 Å². The number of rotatable bonds is 10. The summed E-state index contributed by atoms with van der Waals surface area (Å²) >= 11 is 5.80. The van der Waals surface area contributed by atoms with Crippen molar-refractivity contribution in [3.8, 4) is 0 Å². The fourth-order valence-electron chi connectivity index (χ4n) is 2.34. The minimum atomic E-state index is -3.91. The van der Waals surface area contributed by atoms with Crippen LogP contribution in [-0.4, -0.2) is 40.6 Å². The quantitative estimate of drug-likeness (QED) is 0.575. The van der Waals surface area contributed by atoms with E-state index in [0.717, 1.165) is 12.8 Å². The topological polar surface area (TPSA) is 116 Å². The highest BCUT2D eigenvalue weighted by atomic mass is 35.5. The van der Waals surface area contributed by atoms with Crippen LogP contribution < -0.4 is 4.72 Å². The Morgan fingerprint density at radius 3 is 2.57 bits per heavy atom. The highest BCUT2D eigenvalue weighted by Gasteiger charge is 2.30. The number of aromatic nitrogens is 4. The van der Waals surface area contributed by atoms with Crippen LogP contribution in [-0.2, 0) is 32.7 Å². The number of ether oxygens (including phenoxy) is 1. The zero-order chi connectivity index (χ0) is 20.7. The van der Waals surface area contributed by atoms with E-state index in [1.807, 2.05) is 6.92 Å². The molecule has 1 N–H and O–H groups in total. The summed E-state index contributed by atoms with van der Waals surface area (Å²) in [5.74, 6) is -0.617. The van der Waals surface area contributed by atoms with Gasteiger partial charge in [0.1, 0.15) is 6.04 Å². The number of sulfonamides is 1. The number of carbonyl (C=O) groups is 1. The minimum absolute atomic E-state index is 0.0128. The third-order valence-electron chi connectivity index (χ3n) is 4.00. The maximum absolute atomic E-state index is 12.6. The molecule has 0 aliphatic heterocycles. The molecule has 2 aromatic rings. The van der Waals surface area contributed by atoms with Gasteiger partial charge in [0.2, 0.25) is 10.0 Å². The van der Waals surface area contributed by atoms with Gasteiger partial charge < -0.3 is 4.74 Å². The first-order valence-corrected chi connectivity index (χ1v) is 10.8. The number of hydrogen-bond acceptors (Lipinski definition) is 7. The molecule has 0 aliphatic rings. The van der Waals surface area contributed by atoms with Crippen LogP contribution in [0.25, 0.3) is 0 Å². The molecule has 28 heavy (non-hydrogen) atoms. The van der Waals surface area contributed by atoms with Gasteiger partial charge in [0.05, 0.1) is 4.90 Å². The van der Waals surface area contributed by atoms with E-state index in [-0.39, 0.29) is 17.4 Å². The third-order valence-corrected chi connectivity index (χ3v) is 5.71. The van der Waals surface area contributed by atoms with Gasteiger partial charge in [-0.05, 0) is 47.0 Å². The number of nitrogens with zero attached hydrogens (tertiary/aromatic N) is 4. The maximum Gasteiger partial charge on any atom is 0.324 e. The summed E-state index contributed by atoms with van der Waals surface area (Å²) in [6.45, 7) is 5.97. The molecule has 154 valence electrons. The van der Waals surface area contributed by atoms with E-state index in [2.05, 4.69) is 20.2 Å². The summed E-state index contributed by atoms with van der Waals surface area (Å²) in [7, 11) is -3.91. The lowest BCUT2D eigenvalue weighted by Crippen LogP contribution is -2.45. The Morgan fingerprint density at radius 1 is 1.29 bits per heavy atom. The lowest BCUT2D eigenvalue weighted by Gasteiger charge is -2.20. The number of nitrogens with one attached hydrogen (secondary N) is 1. The molecule has 0 amide bonds. The number of tetrazole rings is 1. The van der Waals surface area contributed by atoms with E-state index in [1.165, 1.54) is 24.3 Å². The molecule has 2 rings (SSSR count). The highest BCUT2D eigenvalue weighted by molar-refractivity contribution is 7.89. The largest absolute Gasteiger partial charge is 0.456 e. The van der Waals surface area contributed by atoms with Crippen molar-refractivity contribution in [3.05, 3.63) is 35.1 Å². The number of aryl methyl sites for hydroxylation is 1. The summed E-state index contributed by atoms with van der Waals surface area (Å²) in [4.78, 5) is 12.5. The van der Waals surface area contributed by atoms with Gasteiger partial charge in [0, 0.05) is 11.6 Å². The molecule has 1 aromatic carbocycles. The normalized spacial score (nSPS) is 12.9. The van der Waals surface area contributed by atoms with Crippen molar-refractivity contribution >= 4 is 27.6 Å². The van der Waals surface area contributed by atoms with Gasteiger partial charge >= 0.3 is 5.97 Å². The summed E-state index contributed by atoms with van der Waals surface area (Å²) in [6, 6.07) is 4.62. The van der Waals surface area contributed by atoms with Gasteiger partial charge in [-0.1, -0.05) is 38.8 Å². The highest BCUT2D eigenvalue weighted by Crippen LogP contribution is 2.16. The molecule has 1 aromatic heterocycles. The van der Waals surface area contributed by atoms with Crippen LogP contribution in [0.5, 0.6) is 0 Å². The molecule has 1 atom stereocenters. The monoisotopic (exact) mass is 429 g/mol. The smallest absolute Gasteiger partial charge is 0.324 e. The van der Waals surface area contributed by atoms with Gasteiger partial charge in [0.15, 0.2) is 12.4 Å². The standard InChI is InChI=1S/C17H24ClN5O4S/c1-4-5-10-23-15(19-21-22-23)11-27-17(24)16(12(2)3)20-28(25,26)14-8-6-13(18)7-9-14/h6-9,12,16,20H,4-5,10-11H2,1-3H3/t16-/m0/s1. The zero-order valence-electron chi connectivity index (χ0n) is 16.0. The van der Waals surface area contributed by atoms with Gasteiger partial charge in [0.25, 0.3) is 0 Å². The predicted octanol–water partition coefficient (Wildman–Crippen LogP) is 2.17. The number of esters is 1. The molecule has 0 unspecified atom stereocenters. The van der Waals surface area contributed by atoms with E-state index >= 15 is 0 Å². The SMILES string of the molecule is CCCCn1nnnc1COC(=O)[C@@H](NS(=O)(=O)c1ccc(Cl)cc1)C(C)C. The first-order valence-electron chi connectivity index (χ1n) is 8.94. The molecule has 0 fully saturated rings. The fourth-order valence-corrected chi connectivity index (χ4v) is 3.80.